The highest BCUT2D eigenvalue weighted by molar-refractivity contribution is 7.11. The summed E-state index contributed by atoms with van der Waals surface area (Å²) in [6.07, 6.45) is 2.74. The first-order chi connectivity index (χ1) is 12.6. The first-order valence-corrected chi connectivity index (χ1v) is 9.45. The van der Waals surface area contributed by atoms with Gasteiger partial charge in [-0.05, 0) is 19.1 Å². The summed E-state index contributed by atoms with van der Waals surface area (Å²) in [6.45, 7) is 5.45. The molecule has 1 aliphatic heterocycles. The predicted molar refractivity (Wildman–Crippen MR) is 102 cm³/mol. The smallest absolute Gasteiger partial charge is 0.193 e. The van der Waals surface area contributed by atoms with Crippen LogP contribution in [0.3, 0.4) is 0 Å². The number of thiazole rings is 1. The molecule has 0 atom stereocenters. The van der Waals surface area contributed by atoms with E-state index < -0.39 is 5.82 Å². The maximum Gasteiger partial charge on any atom is 0.193 e. The van der Waals surface area contributed by atoms with Crippen LogP contribution in [0.25, 0.3) is 0 Å². The maximum absolute atomic E-state index is 13.9. The summed E-state index contributed by atoms with van der Waals surface area (Å²) in [7, 11) is 1.76. The highest BCUT2D eigenvalue weighted by Gasteiger charge is 2.22. The predicted octanol–water partition coefficient (Wildman–Crippen LogP) is 2.67. The fraction of sp³-hybridized carbons (Fsp3) is 0.444. The van der Waals surface area contributed by atoms with Crippen LogP contribution in [0.4, 0.5) is 14.5 Å². The maximum atomic E-state index is 13.9. The van der Waals surface area contributed by atoms with E-state index in [0.29, 0.717) is 31.9 Å². The average molecular weight is 379 g/mol. The minimum absolute atomic E-state index is 0.326. The summed E-state index contributed by atoms with van der Waals surface area (Å²) in [5, 5.41) is 4.47. The monoisotopic (exact) mass is 379 g/mol. The molecule has 2 aromatic rings. The molecule has 2 heterocycles. The van der Waals surface area contributed by atoms with Gasteiger partial charge in [0.15, 0.2) is 5.96 Å². The molecule has 1 N–H and O–H groups in total. The van der Waals surface area contributed by atoms with Crippen molar-refractivity contribution in [1.82, 2.24) is 15.2 Å². The van der Waals surface area contributed by atoms with Crippen LogP contribution in [-0.2, 0) is 6.42 Å². The number of nitrogens with zero attached hydrogens (tertiary/aromatic N) is 4. The molecule has 0 spiro atoms. The Bertz CT molecular complexity index is 769. The quantitative estimate of drug-likeness (QED) is 0.655. The van der Waals surface area contributed by atoms with Crippen LogP contribution in [0.1, 0.15) is 9.88 Å². The van der Waals surface area contributed by atoms with Crippen LogP contribution in [0.2, 0.25) is 0 Å². The Hall–Kier alpha value is -2.22. The number of rotatable bonds is 4. The van der Waals surface area contributed by atoms with E-state index >= 15 is 0 Å². The Morgan fingerprint density at radius 1 is 1.27 bits per heavy atom. The topological polar surface area (TPSA) is 43.8 Å². The summed E-state index contributed by atoms with van der Waals surface area (Å²) in [5.74, 6) is 0.0254. The standard InChI is InChI=1S/C18H23F2N5S/c1-13-12-23-17(26-13)5-6-22-18(21-2)25-9-7-24(8-10-25)16-11-14(19)3-4-15(16)20/h3-4,11-12H,5-10H2,1-2H3,(H,21,22). The van der Waals surface area contributed by atoms with Gasteiger partial charge in [-0.15, -0.1) is 11.3 Å². The van der Waals surface area contributed by atoms with Crippen molar-refractivity contribution in [3.05, 3.63) is 45.9 Å². The van der Waals surface area contributed by atoms with Crippen molar-refractivity contribution in [2.45, 2.75) is 13.3 Å². The van der Waals surface area contributed by atoms with E-state index in [1.807, 2.05) is 11.1 Å². The third-order valence-electron chi connectivity index (χ3n) is 4.33. The summed E-state index contributed by atoms with van der Waals surface area (Å²) < 4.78 is 27.3. The molecule has 0 saturated carbocycles. The van der Waals surface area contributed by atoms with E-state index in [1.165, 1.54) is 17.0 Å². The molecule has 140 valence electrons. The van der Waals surface area contributed by atoms with Gasteiger partial charge in [-0.25, -0.2) is 13.8 Å². The molecule has 5 nitrogen and oxygen atoms in total. The van der Waals surface area contributed by atoms with E-state index in [0.717, 1.165) is 30.0 Å². The molecular formula is C18H23F2N5S. The van der Waals surface area contributed by atoms with E-state index in [1.54, 1.807) is 18.4 Å². The minimum Gasteiger partial charge on any atom is -0.366 e. The van der Waals surface area contributed by atoms with E-state index in [2.05, 4.69) is 27.1 Å². The first-order valence-electron chi connectivity index (χ1n) is 8.63. The number of aliphatic imine (C=N–C) groups is 1. The Balaban J connectivity index is 1.51. The SMILES string of the molecule is CN=C(NCCc1ncc(C)s1)N1CCN(c2cc(F)ccc2F)CC1. The van der Waals surface area contributed by atoms with Crippen LogP contribution in [-0.4, -0.2) is 55.6 Å². The molecule has 8 heteroatoms. The molecule has 1 fully saturated rings. The number of benzene rings is 1. The molecule has 0 aliphatic carbocycles. The number of aromatic nitrogens is 1. The molecule has 1 aromatic heterocycles. The van der Waals surface area contributed by atoms with Crippen LogP contribution < -0.4 is 10.2 Å². The summed E-state index contributed by atoms with van der Waals surface area (Å²) in [4.78, 5) is 13.9. The van der Waals surface area contributed by atoms with Gasteiger partial charge in [0, 0.05) is 63.3 Å². The zero-order valence-electron chi connectivity index (χ0n) is 15.0. The van der Waals surface area contributed by atoms with Gasteiger partial charge in [-0.3, -0.25) is 4.99 Å². The first kappa shape index (κ1) is 18.6. The number of halogens is 2. The number of hydrogen-bond acceptors (Lipinski definition) is 4. The van der Waals surface area contributed by atoms with Crippen LogP contribution in [0.15, 0.2) is 29.4 Å². The second kappa shape index (κ2) is 8.44. The van der Waals surface area contributed by atoms with Gasteiger partial charge in [-0.1, -0.05) is 0 Å². The lowest BCUT2D eigenvalue weighted by Gasteiger charge is -2.37. The molecule has 26 heavy (non-hydrogen) atoms. The molecule has 1 aliphatic rings. The number of guanidine groups is 1. The minimum atomic E-state index is -0.418. The Kier molecular flexibility index (Phi) is 6.03. The molecule has 1 saturated heterocycles. The summed E-state index contributed by atoms with van der Waals surface area (Å²) in [5.41, 5.74) is 0.326. The number of piperazine rings is 1. The lowest BCUT2D eigenvalue weighted by molar-refractivity contribution is 0.371. The van der Waals surface area contributed by atoms with Crippen molar-refractivity contribution in [3.8, 4) is 0 Å². The molecule has 1 aromatic carbocycles. The largest absolute Gasteiger partial charge is 0.366 e. The number of aryl methyl sites for hydroxylation is 1. The normalized spacial score (nSPS) is 15.5. The van der Waals surface area contributed by atoms with Gasteiger partial charge in [0.05, 0.1) is 10.7 Å². The fourth-order valence-electron chi connectivity index (χ4n) is 3.02. The Morgan fingerprint density at radius 3 is 2.69 bits per heavy atom. The van der Waals surface area contributed by atoms with Crippen molar-refractivity contribution < 1.29 is 8.78 Å². The van der Waals surface area contributed by atoms with Crippen molar-refractivity contribution in [2.75, 3.05) is 44.7 Å². The number of anilines is 1. The number of nitrogens with one attached hydrogen (secondary N) is 1. The van der Waals surface area contributed by atoms with Gasteiger partial charge in [-0.2, -0.15) is 0 Å². The Morgan fingerprint density at radius 2 is 2.04 bits per heavy atom. The third-order valence-corrected chi connectivity index (χ3v) is 5.30. The zero-order valence-corrected chi connectivity index (χ0v) is 15.8. The van der Waals surface area contributed by atoms with E-state index in [-0.39, 0.29) is 5.82 Å². The zero-order chi connectivity index (χ0) is 18.5. The van der Waals surface area contributed by atoms with Gasteiger partial charge in [0.1, 0.15) is 11.6 Å². The molecule has 3 rings (SSSR count). The van der Waals surface area contributed by atoms with Gasteiger partial charge < -0.3 is 15.1 Å². The van der Waals surface area contributed by atoms with Crippen LogP contribution in [0.5, 0.6) is 0 Å². The van der Waals surface area contributed by atoms with Gasteiger partial charge in [0.2, 0.25) is 0 Å². The molecule has 0 amide bonds. The van der Waals surface area contributed by atoms with Crippen molar-refractivity contribution in [2.24, 2.45) is 4.99 Å². The van der Waals surface area contributed by atoms with Crippen LogP contribution >= 0.6 is 11.3 Å². The lowest BCUT2D eigenvalue weighted by Crippen LogP contribution is -2.53. The van der Waals surface area contributed by atoms with Gasteiger partial charge >= 0.3 is 0 Å². The lowest BCUT2D eigenvalue weighted by atomic mass is 10.2. The summed E-state index contributed by atoms with van der Waals surface area (Å²) in [6, 6.07) is 3.58. The molecule has 0 unspecified atom stereocenters. The van der Waals surface area contributed by atoms with Crippen molar-refractivity contribution in [1.29, 1.82) is 0 Å². The number of hydrogen-bond donors (Lipinski definition) is 1. The highest BCUT2D eigenvalue weighted by atomic mass is 32.1. The molecular weight excluding hydrogens is 356 g/mol. The third kappa shape index (κ3) is 4.49. The van der Waals surface area contributed by atoms with Crippen LogP contribution in [0, 0.1) is 18.6 Å². The second-order valence-electron chi connectivity index (χ2n) is 6.16. The molecule has 0 radical (unpaired) electrons. The van der Waals surface area contributed by atoms with Crippen molar-refractivity contribution in [3.63, 3.8) is 0 Å². The fourth-order valence-corrected chi connectivity index (χ4v) is 3.80. The highest BCUT2D eigenvalue weighted by Crippen LogP contribution is 2.22. The molecule has 0 bridgehead atoms. The van der Waals surface area contributed by atoms with Crippen molar-refractivity contribution >= 4 is 23.0 Å². The van der Waals surface area contributed by atoms with E-state index in [9.17, 15) is 8.78 Å². The van der Waals surface area contributed by atoms with E-state index in [4.69, 9.17) is 0 Å². The average Bonchev–Trinajstić information content (AvgIpc) is 3.06. The second-order valence-corrected chi connectivity index (χ2v) is 7.48. The van der Waals surface area contributed by atoms with Gasteiger partial charge in [0.25, 0.3) is 0 Å². The summed E-state index contributed by atoms with van der Waals surface area (Å²) >= 11 is 1.71. The Labute approximate surface area is 156 Å².